The van der Waals surface area contributed by atoms with Crippen molar-refractivity contribution < 1.29 is 4.57 Å². The number of thiophene rings is 1. The summed E-state index contributed by atoms with van der Waals surface area (Å²) in [6.07, 6.45) is 4.34. The first kappa shape index (κ1) is 9.55. The van der Waals surface area contributed by atoms with Gasteiger partial charge in [0.2, 0.25) is 0 Å². The van der Waals surface area contributed by atoms with E-state index < -0.39 is 0 Å². The molecule has 0 N–H and O–H groups in total. The van der Waals surface area contributed by atoms with Crippen molar-refractivity contribution in [1.29, 1.82) is 0 Å². The van der Waals surface area contributed by atoms with Gasteiger partial charge >= 0.3 is 0 Å². The van der Waals surface area contributed by atoms with Crippen molar-refractivity contribution in [2.75, 3.05) is 0 Å². The number of hydrogen-bond donors (Lipinski definition) is 0. The molecule has 3 rings (SSSR count). The van der Waals surface area contributed by atoms with E-state index in [1.165, 1.54) is 15.6 Å². The van der Waals surface area contributed by atoms with Gasteiger partial charge in [-0.25, -0.2) is 0 Å². The summed E-state index contributed by atoms with van der Waals surface area (Å²) >= 11 is 1.80. The van der Waals surface area contributed by atoms with E-state index in [4.69, 9.17) is 0 Å². The third kappa shape index (κ3) is 1.84. The average molecular weight is 226 g/mol. The van der Waals surface area contributed by atoms with Crippen molar-refractivity contribution in [2.24, 2.45) is 0 Å². The Balaban J connectivity index is 1.99. The Morgan fingerprint density at radius 1 is 0.938 bits per heavy atom. The maximum Gasteiger partial charge on any atom is 0.182 e. The second-order valence-corrected chi connectivity index (χ2v) is 4.86. The zero-order valence-corrected chi connectivity index (χ0v) is 9.65. The summed E-state index contributed by atoms with van der Waals surface area (Å²) in [6.45, 7) is 0.961. The van der Waals surface area contributed by atoms with Gasteiger partial charge < -0.3 is 0 Å². The largest absolute Gasteiger partial charge is 0.199 e. The second kappa shape index (κ2) is 4.06. The average Bonchev–Trinajstić information content (AvgIpc) is 2.82. The molecule has 0 bridgehead atoms. The summed E-state index contributed by atoms with van der Waals surface area (Å²) < 4.78 is 2.23. The summed E-state index contributed by atoms with van der Waals surface area (Å²) in [4.78, 5) is 1.39. The molecule has 2 aromatic heterocycles. The molecule has 1 aromatic carbocycles. The molecule has 1 nitrogen and oxygen atoms in total. The van der Waals surface area contributed by atoms with Crippen LogP contribution in [-0.4, -0.2) is 0 Å². The van der Waals surface area contributed by atoms with Crippen LogP contribution in [0, 0.1) is 0 Å². The van der Waals surface area contributed by atoms with Crippen LogP contribution in [0.3, 0.4) is 0 Å². The topological polar surface area (TPSA) is 3.88 Å². The summed E-state index contributed by atoms with van der Waals surface area (Å²) in [5.74, 6) is 0. The zero-order chi connectivity index (χ0) is 10.8. The van der Waals surface area contributed by atoms with Crippen molar-refractivity contribution in [3.05, 3.63) is 65.1 Å². The van der Waals surface area contributed by atoms with Crippen LogP contribution in [0.2, 0.25) is 0 Å². The first-order valence-corrected chi connectivity index (χ1v) is 6.20. The lowest BCUT2D eigenvalue weighted by molar-refractivity contribution is -0.686. The quantitative estimate of drug-likeness (QED) is 0.591. The monoisotopic (exact) mass is 226 g/mol. The van der Waals surface area contributed by atoms with Gasteiger partial charge in [-0.05, 0) is 22.9 Å². The number of benzene rings is 1. The molecule has 78 valence electrons. The molecule has 0 unspecified atom stereocenters. The number of rotatable bonds is 2. The molecule has 0 saturated carbocycles. The molecule has 2 heteroatoms. The van der Waals surface area contributed by atoms with Gasteiger partial charge in [0.1, 0.15) is 0 Å². The van der Waals surface area contributed by atoms with Crippen molar-refractivity contribution >= 4 is 22.1 Å². The molecular formula is C14H12NS+. The molecule has 0 aliphatic heterocycles. The predicted molar refractivity (Wildman–Crippen MR) is 67.6 cm³/mol. The molecule has 0 radical (unpaired) electrons. The van der Waals surface area contributed by atoms with Crippen LogP contribution in [0.1, 0.15) is 4.88 Å². The highest BCUT2D eigenvalue weighted by atomic mass is 32.1. The number of hydrogen-bond acceptors (Lipinski definition) is 1. The number of pyridine rings is 1. The maximum absolute atomic E-state index is 2.23. The second-order valence-electron chi connectivity index (χ2n) is 3.83. The molecule has 0 saturated heterocycles. The normalized spacial score (nSPS) is 10.8. The lowest BCUT2D eigenvalue weighted by atomic mass is 10.2. The Bertz CT molecular complexity index is 599. The lowest BCUT2D eigenvalue weighted by Gasteiger charge is -1.97. The molecule has 0 atom stereocenters. The predicted octanol–water partition coefficient (Wildman–Crippen LogP) is 3.24. The van der Waals surface area contributed by atoms with E-state index in [-0.39, 0.29) is 0 Å². The van der Waals surface area contributed by atoms with Crippen molar-refractivity contribution in [3.8, 4) is 0 Å². The molecular weight excluding hydrogens is 214 g/mol. The fourth-order valence-electron chi connectivity index (χ4n) is 1.86. The molecule has 16 heavy (non-hydrogen) atoms. The Labute approximate surface area is 98.6 Å². The fourth-order valence-corrected chi connectivity index (χ4v) is 2.57. The van der Waals surface area contributed by atoms with Gasteiger partial charge in [0.25, 0.3) is 0 Å². The third-order valence-corrected chi connectivity index (χ3v) is 3.53. The molecule has 0 aliphatic carbocycles. The summed E-state index contributed by atoms with van der Waals surface area (Å²) in [5, 5.41) is 4.71. The van der Waals surface area contributed by atoms with Gasteiger partial charge in [0.15, 0.2) is 18.9 Å². The van der Waals surface area contributed by atoms with Gasteiger partial charge in [-0.1, -0.05) is 24.3 Å². The minimum Gasteiger partial charge on any atom is -0.199 e. The van der Waals surface area contributed by atoms with Crippen LogP contribution >= 0.6 is 11.3 Å². The van der Waals surface area contributed by atoms with Crippen molar-refractivity contribution in [1.82, 2.24) is 0 Å². The zero-order valence-electron chi connectivity index (χ0n) is 8.84. The molecule has 0 spiro atoms. The van der Waals surface area contributed by atoms with E-state index in [0.717, 1.165) is 6.54 Å². The SMILES string of the molecule is c1csc(C[n+]2ccc3ccccc3c2)c1. The highest BCUT2D eigenvalue weighted by molar-refractivity contribution is 7.09. The van der Waals surface area contributed by atoms with E-state index in [9.17, 15) is 0 Å². The van der Waals surface area contributed by atoms with Crippen LogP contribution in [0.15, 0.2) is 60.2 Å². The third-order valence-electron chi connectivity index (χ3n) is 2.67. The molecule has 0 aliphatic rings. The minimum absolute atomic E-state index is 0.961. The lowest BCUT2D eigenvalue weighted by Crippen LogP contribution is -2.32. The van der Waals surface area contributed by atoms with Crippen molar-refractivity contribution in [2.45, 2.75) is 6.54 Å². The Morgan fingerprint density at radius 2 is 1.81 bits per heavy atom. The molecule has 0 fully saturated rings. The van der Waals surface area contributed by atoms with Gasteiger partial charge in [0.05, 0.1) is 4.88 Å². The van der Waals surface area contributed by atoms with E-state index in [1.54, 1.807) is 11.3 Å². The number of fused-ring (bicyclic) bond motifs is 1. The smallest absolute Gasteiger partial charge is 0.182 e. The minimum atomic E-state index is 0.961. The van der Waals surface area contributed by atoms with Crippen LogP contribution in [-0.2, 0) is 6.54 Å². The van der Waals surface area contributed by atoms with E-state index >= 15 is 0 Å². The van der Waals surface area contributed by atoms with Crippen LogP contribution in [0.5, 0.6) is 0 Å². The summed E-state index contributed by atoms with van der Waals surface area (Å²) in [5.41, 5.74) is 0. The first-order valence-electron chi connectivity index (χ1n) is 5.32. The number of nitrogens with zero attached hydrogens (tertiary/aromatic N) is 1. The summed E-state index contributed by atoms with van der Waals surface area (Å²) in [7, 11) is 0. The van der Waals surface area contributed by atoms with Crippen LogP contribution < -0.4 is 4.57 Å². The Kier molecular flexibility index (Phi) is 2.43. The fraction of sp³-hybridized carbons (Fsp3) is 0.0714. The Hall–Kier alpha value is -1.67. The summed E-state index contributed by atoms with van der Waals surface area (Å²) in [6, 6.07) is 14.9. The van der Waals surface area contributed by atoms with E-state index in [0.29, 0.717) is 0 Å². The molecule has 2 heterocycles. The molecule has 0 amide bonds. The molecule has 3 aromatic rings. The number of aromatic nitrogens is 1. The Morgan fingerprint density at radius 3 is 2.62 bits per heavy atom. The standard InChI is InChI=1S/C14H12NS/c1-2-5-13-10-15(8-7-12(13)4-1)11-14-6-3-9-16-14/h1-10H,11H2/q+1. The van der Waals surface area contributed by atoms with Gasteiger partial charge in [-0.2, -0.15) is 4.57 Å². The van der Waals surface area contributed by atoms with Gasteiger partial charge in [-0.15, -0.1) is 11.3 Å². The van der Waals surface area contributed by atoms with Crippen LogP contribution in [0.4, 0.5) is 0 Å². The van der Waals surface area contributed by atoms with Gasteiger partial charge in [-0.3, -0.25) is 0 Å². The van der Waals surface area contributed by atoms with Crippen molar-refractivity contribution in [3.63, 3.8) is 0 Å². The maximum atomic E-state index is 2.23. The van der Waals surface area contributed by atoms with E-state index in [2.05, 4.69) is 64.8 Å². The first-order chi connectivity index (χ1) is 7.92. The van der Waals surface area contributed by atoms with Gasteiger partial charge in [0, 0.05) is 11.5 Å². The van der Waals surface area contributed by atoms with E-state index in [1.807, 2.05) is 0 Å². The highest BCUT2D eigenvalue weighted by Crippen LogP contribution is 2.11. The highest BCUT2D eigenvalue weighted by Gasteiger charge is 2.04. The van der Waals surface area contributed by atoms with Crippen LogP contribution in [0.25, 0.3) is 10.8 Å².